The molecule has 1 rings (SSSR count). The van der Waals surface area contributed by atoms with Crippen LogP contribution < -0.4 is 0 Å². The van der Waals surface area contributed by atoms with Crippen molar-refractivity contribution in [3.63, 3.8) is 0 Å². The standard InChI is InChI=1S/C11H17NO6S2/c1-9(2)20(17,18)8-7-19(15,16)6-5-12-10(13)3-4-11(12)14/h3-4,9H,5-8H2,1-2H3. The van der Waals surface area contributed by atoms with Crippen LogP contribution >= 0.6 is 0 Å². The van der Waals surface area contributed by atoms with Crippen LogP contribution in [0.3, 0.4) is 0 Å². The molecule has 2 amide bonds. The van der Waals surface area contributed by atoms with Gasteiger partial charge in [-0.15, -0.1) is 0 Å². The van der Waals surface area contributed by atoms with Gasteiger partial charge in [-0.2, -0.15) is 0 Å². The molecule has 0 aromatic heterocycles. The molecule has 0 saturated heterocycles. The van der Waals surface area contributed by atoms with Gasteiger partial charge in [0, 0.05) is 18.7 Å². The molecular weight excluding hydrogens is 306 g/mol. The molecule has 0 bridgehead atoms. The van der Waals surface area contributed by atoms with Crippen LogP contribution in [-0.2, 0) is 29.3 Å². The van der Waals surface area contributed by atoms with Crippen molar-refractivity contribution >= 4 is 31.5 Å². The highest BCUT2D eigenvalue weighted by Gasteiger charge is 2.26. The summed E-state index contributed by atoms with van der Waals surface area (Å²) in [6, 6.07) is 0. The third-order valence-corrected chi connectivity index (χ3v) is 7.02. The van der Waals surface area contributed by atoms with Gasteiger partial charge in [-0.3, -0.25) is 14.5 Å². The van der Waals surface area contributed by atoms with Gasteiger partial charge < -0.3 is 0 Å². The van der Waals surface area contributed by atoms with E-state index in [-0.39, 0.29) is 6.54 Å². The SMILES string of the molecule is CC(C)S(=O)(=O)CCS(=O)(=O)CCN1C(=O)C=CC1=O. The summed E-state index contributed by atoms with van der Waals surface area (Å²) in [6.07, 6.45) is 2.14. The molecule has 0 aromatic carbocycles. The number of carbonyl (C=O) groups is 2. The molecule has 0 aliphatic carbocycles. The maximum Gasteiger partial charge on any atom is 0.253 e. The van der Waals surface area contributed by atoms with Crippen molar-refractivity contribution in [2.45, 2.75) is 19.1 Å². The third-order valence-electron chi connectivity index (χ3n) is 2.92. The van der Waals surface area contributed by atoms with Gasteiger partial charge in [0.1, 0.15) is 0 Å². The third kappa shape index (κ3) is 4.41. The molecule has 20 heavy (non-hydrogen) atoms. The van der Waals surface area contributed by atoms with Crippen molar-refractivity contribution < 1.29 is 26.4 Å². The molecule has 0 radical (unpaired) electrons. The van der Waals surface area contributed by atoms with Gasteiger partial charge in [-0.25, -0.2) is 16.8 Å². The summed E-state index contributed by atoms with van der Waals surface area (Å²) in [5.74, 6) is -2.50. The van der Waals surface area contributed by atoms with E-state index in [4.69, 9.17) is 0 Å². The zero-order chi connectivity index (χ0) is 15.6. The molecule has 0 aromatic rings. The summed E-state index contributed by atoms with van der Waals surface area (Å²) < 4.78 is 46.6. The predicted octanol–water partition coefficient (Wildman–Crippen LogP) is -0.851. The van der Waals surface area contributed by atoms with E-state index in [1.54, 1.807) is 0 Å². The molecule has 114 valence electrons. The molecule has 0 N–H and O–H groups in total. The zero-order valence-corrected chi connectivity index (χ0v) is 12.9. The summed E-state index contributed by atoms with van der Waals surface area (Å²) in [6.45, 7) is 2.71. The van der Waals surface area contributed by atoms with Gasteiger partial charge in [-0.1, -0.05) is 0 Å². The van der Waals surface area contributed by atoms with E-state index in [1.165, 1.54) is 13.8 Å². The van der Waals surface area contributed by atoms with E-state index >= 15 is 0 Å². The lowest BCUT2D eigenvalue weighted by Gasteiger charge is -2.14. The summed E-state index contributed by atoms with van der Waals surface area (Å²) >= 11 is 0. The Kier molecular flexibility index (Phi) is 5.09. The molecule has 0 saturated carbocycles. The van der Waals surface area contributed by atoms with Crippen LogP contribution in [0.25, 0.3) is 0 Å². The van der Waals surface area contributed by atoms with Crippen LogP contribution in [0.4, 0.5) is 0 Å². The highest BCUT2D eigenvalue weighted by molar-refractivity contribution is 7.95. The molecule has 0 unspecified atom stereocenters. The van der Waals surface area contributed by atoms with Crippen LogP contribution in [0.1, 0.15) is 13.8 Å². The van der Waals surface area contributed by atoms with Gasteiger partial charge in [0.25, 0.3) is 11.8 Å². The molecule has 0 spiro atoms. The van der Waals surface area contributed by atoms with Crippen LogP contribution in [0, 0.1) is 0 Å². The van der Waals surface area contributed by atoms with Crippen molar-refractivity contribution in [3.8, 4) is 0 Å². The first-order valence-corrected chi connectivity index (χ1v) is 9.54. The molecule has 0 fully saturated rings. The first-order chi connectivity index (χ1) is 9.05. The minimum absolute atomic E-state index is 0.255. The lowest BCUT2D eigenvalue weighted by molar-refractivity contribution is -0.136. The Bertz CT molecular complexity index is 612. The Morgan fingerprint density at radius 2 is 1.45 bits per heavy atom. The molecule has 7 nitrogen and oxygen atoms in total. The van der Waals surface area contributed by atoms with Gasteiger partial charge in [0.15, 0.2) is 19.7 Å². The van der Waals surface area contributed by atoms with Crippen LogP contribution in [0.5, 0.6) is 0 Å². The Hall–Kier alpha value is -1.22. The lowest BCUT2D eigenvalue weighted by Crippen LogP contribution is -2.35. The van der Waals surface area contributed by atoms with Gasteiger partial charge in [0.05, 0.1) is 22.5 Å². The lowest BCUT2D eigenvalue weighted by atomic mass is 10.5. The highest BCUT2D eigenvalue weighted by atomic mass is 32.2. The minimum atomic E-state index is -3.64. The average molecular weight is 323 g/mol. The first-order valence-electron chi connectivity index (χ1n) is 6.01. The van der Waals surface area contributed by atoms with Crippen LogP contribution in [-0.4, -0.2) is 62.6 Å². The van der Waals surface area contributed by atoms with Gasteiger partial charge >= 0.3 is 0 Å². The van der Waals surface area contributed by atoms with Crippen molar-refractivity contribution in [2.75, 3.05) is 23.8 Å². The normalized spacial score (nSPS) is 16.4. The number of amides is 2. The minimum Gasteiger partial charge on any atom is -0.274 e. The Morgan fingerprint density at radius 3 is 1.90 bits per heavy atom. The maximum absolute atomic E-state index is 11.7. The summed E-state index contributed by atoms with van der Waals surface area (Å²) in [5, 5.41) is -0.636. The summed E-state index contributed by atoms with van der Waals surface area (Å²) in [7, 11) is -7.06. The second-order valence-corrected chi connectivity index (χ2v) is 9.71. The number of imide groups is 1. The largest absolute Gasteiger partial charge is 0.274 e. The first kappa shape index (κ1) is 16.8. The van der Waals surface area contributed by atoms with E-state index in [2.05, 4.69) is 0 Å². The van der Waals surface area contributed by atoms with E-state index in [0.29, 0.717) is 0 Å². The van der Waals surface area contributed by atoms with Crippen LogP contribution in [0.2, 0.25) is 0 Å². The summed E-state index contributed by atoms with van der Waals surface area (Å²) in [4.78, 5) is 23.3. The molecule has 1 aliphatic rings. The van der Waals surface area contributed by atoms with Crippen molar-refractivity contribution in [1.29, 1.82) is 0 Å². The second kappa shape index (κ2) is 6.04. The number of hydrogen-bond donors (Lipinski definition) is 0. The second-order valence-electron chi connectivity index (χ2n) is 4.73. The maximum atomic E-state index is 11.7. The molecular formula is C11H17NO6S2. The predicted molar refractivity (Wildman–Crippen MR) is 73.4 cm³/mol. The Labute approximate surface area is 118 Å². The van der Waals surface area contributed by atoms with Gasteiger partial charge in [-0.05, 0) is 13.8 Å². The topological polar surface area (TPSA) is 106 Å². The van der Waals surface area contributed by atoms with Crippen molar-refractivity contribution in [2.24, 2.45) is 0 Å². The fraction of sp³-hybridized carbons (Fsp3) is 0.636. The van der Waals surface area contributed by atoms with E-state index in [1.807, 2.05) is 0 Å². The molecule has 1 aliphatic heterocycles. The average Bonchev–Trinajstić information content (AvgIpc) is 2.64. The molecule has 0 atom stereocenters. The van der Waals surface area contributed by atoms with E-state index in [9.17, 15) is 26.4 Å². The fourth-order valence-corrected chi connectivity index (χ4v) is 4.54. The van der Waals surface area contributed by atoms with Crippen molar-refractivity contribution in [1.82, 2.24) is 4.90 Å². The zero-order valence-electron chi connectivity index (χ0n) is 11.3. The number of sulfone groups is 2. The van der Waals surface area contributed by atoms with E-state index in [0.717, 1.165) is 17.1 Å². The molecule has 9 heteroatoms. The number of rotatable bonds is 7. The highest BCUT2D eigenvalue weighted by Crippen LogP contribution is 2.06. The van der Waals surface area contributed by atoms with Gasteiger partial charge in [0.2, 0.25) is 0 Å². The number of carbonyl (C=O) groups excluding carboxylic acids is 2. The monoisotopic (exact) mass is 323 g/mol. The Balaban J connectivity index is 2.55. The quantitative estimate of drug-likeness (QED) is 0.565. The fourth-order valence-electron chi connectivity index (χ4n) is 1.46. The molecule has 1 heterocycles. The Morgan fingerprint density at radius 1 is 0.950 bits per heavy atom. The van der Waals surface area contributed by atoms with E-state index < -0.39 is 54.0 Å². The van der Waals surface area contributed by atoms with Crippen molar-refractivity contribution in [3.05, 3.63) is 12.2 Å². The number of hydrogen-bond acceptors (Lipinski definition) is 6. The smallest absolute Gasteiger partial charge is 0.253 e. The van der Waals surface area contributed by atoms with Crippen LogP contribution in [0.15, 0.2) is 12.2 Å². The summed E-state index contributed by atoms with van der Waals surface area (Å²) in [5.41, 5.74) is 0. The number of nitrogens with zero attached hydrogens (tertiary/aromatic N) is 1.